The first kappa shape index (κ1) is 19.7. The number of aromatic amines is 1. The molecule has 154 valence electrons. The van der Waals surface area contributed by atoms with E-state index in [1.807, 2.05) is 38.2 Å². The van der Waals surface area contributed by atoms with Crippen molar-refractivity contribution < 1.29 is 13.9 Å². The number of nitrogens with one attached hydrogen (secondary N) is 3. The molecule has 2 aromatic carbocycles. The zero-order valence-corrected chi connectivity index (χ0v) is 16.7. The summed E-state index contributed by atoms with van der Waals surface area (Å²) in [7, 11) is 1.87. The lowest BCUT2D eigenvalue weighted by Crippen LogP contribution is -2.15. The first-order valence-electron chi connectivity index (χ1n) is 9.55. The van der Waals surface area contributed by atoms with Crippen molar-refractivity contribution in [1.82, 2.24) is 20.3 Å². The molecule has 7 nitrogen and oxygen atoms in total. The number of hydrogen-bond acceptors (Lipinski definition) is 6. The number of aromatic nitrogens is 3. The van der Waals surface area contributed by atoms with E-state index in [-0.39, 0.29) is 11.6 Å². The van der Waals surface area contributed by atoms with Crippen molar-refractivity contribution in [3.05, 3.63) is 66.2 Å². The molecule has 0 spiro atoms. The number of halogens is 1. The molecule has 8 heteroatoms. The van der Waals surface area contributed by atoms with Crippen LogP contribution >= 0.6 is 0 Å². The number of aryl methyl sites for hydroxylation is 1. The summed E-state index contributed by atoms with van der Waals surface area (Å²) in [6.45, 7) is 3.20. The Labute approximate surface area is 173 Å². The molecule has 0 atom stereocenters. The molecule has 2 aromatic heterocycles. The summed E-state index contributed by atoms with van der Waals surface area (Å²) in [5, 5.41) is 6.62. The molecule has 0 aliphatic carbocycles. The third-order valence-electron chi connectivity index (χ3n) is 4.39. The molecular weight excluding hydrogens is 385 g/mol. The Bertz CT molecular complexity index is 1160. The van der Waals surface area contributed by atoms with E-state index in [0.29, 0.717) is 17.9 Å². The van der Waals surface area contributed by atoms with Crippen LogP contribution in [0.4, 0.5) is 16.0 Å². The Morgan fingerprint density at radius 2 is 2.03 bits per heavy atom. The maximum absolute atomic E-state index is 14.8. The van der Waals surface area contributed by atoms with E-state index < -0.39 is 5.82 Å². The summed E-state index contributed by atoms with van der Waals surface area (Å²) in [5.41, 5.74) is 2.37. The predicted molar refractivity (Wildman–Crippen MR) is 114 cm³/mol. The maximum Gasteiger partial charge on any atom is 0.230 e. The molecule has 0 amide bonds. The van der Waals surface area contributed by atoms with Crippen molar-refractivity contribution in [2.24, 2.45) is 0 Å². The van der Waals surface area contributed by atoms with Crippen molar-refractivity contribution in [3.63, 3.8) is 0 Å². The van der Waals surface area contributed by atoms with Gasteiger partial charge in [0.2, 0.25) is 11.8 Å². The minimum absolute atomic E-state index is 0.103. The van der Waals surface area contributed by atoms with Crippen LogP contribution in [-0.4, -0.2) is 35.2 Å². The lowest BCUT2D eigenvalue weighted by molar-refractivity contribution is 0.318. The Balaban J connectivity index is 1.49. The molecule has 0 fully saturated rings. The number of H-pyrrole nitrogens is 1. The van der Waals surface area contributed by atoms with Crippen molar-refractivity contribution >= 4 is 22.5 Å². The van der Waals surface area contributed by atoms with Gasteiger partial charge in [0.25, 0.3) is 0 Å². The number of likely N-dealkylation sites (N-methyl/N-ethyl adjacent to an activating group) is 1. The second kappa shape index (κ2) is 8.79. The summed E-state index contributed by atoms with van der Waals surface area (Å²) in [4.78, 5) is 11.6. The van der Waals surface area contributed by atoms with Crippen molar-refractivity contribution in [2.45, 2.75) is 6.92 Å². The average Bonchev–Trinajstić information content (AvgIpc) is 3.12. The van der Waals surface area contributed by atoms with Crippen LogP contribution in [0.5, 0.6) is 17.4 Å². The van der Waals surface area contributed by atoms with Crippen LogP contribution < -0.4 is 20.1 Å². The molecule has 4 rings (SSSR count). The monoisotopic (exact) mass is 407 g/mol. The Morgan fingerprint density at radius 1 is 1.13 bits per heavy atom. The van der Waals surface area contributed by atoms with E-state index in [0.717, 1.165) is 29.2 Å². The molecule has 0 saturated carbocycles. The van der Waals surface area contributed by atoms with Gasteiger partial charge >= 0.3 is 0 Å². The van der Waals surface area contributed by atoms with Gasteiger partial charge in [-0.3, -0.25) is 0 Å². The lowest BCUT2D eigenvalue weighted by Gasteiger charge is -2.10. The number of hydrogen-bond donors (Lipinski definition) is 3. The molecule has 3 N–H and O–H groups in total. The third kappa shape index (κ3) is 4.49. The number of benzene rings is 2. The fraction of sp³-hybridized carbons (Fsp3) is 0.182. The zero-order valence-electron chi connectivity index (χ0n) is 16.7. The minimum Gasteiger partial charge on any atom is -0.492 e. The van der Waals surface area contributed by atoms with Crippen LogP contribution in [0, 0.1) is 12.7 Å². The maximum atomic E-state index is 14.8. The van der Waals surface area contributed by atoms with Crippen LogP contribution in [-0.2, 0) is 0 Å². The molecule has 0 saturated heterocycles. The van der Waals surface area contributed by atoms with Gasteiger partial charge in [-0.15, -0.1) is 0 Å². The summed E-state index contributed by atoms with van der Waals surface area (Å²) < 4.78 is 26.1. The molecule has 0 radical (unpaired) electrons. The Kier molecular flexibility index (Phi) is 5.76. The largest absolute Gasteiger partial charge is 0.492 e. The van der Waals surface area contributed by atoms with Crippen LogP contribution in [0.2, 0.25) is 0 Å². The van der Waals surface area contributed by atoms with Crippen LogP contribution in [0.1, 0.15) is 5.69 Å². The fourth-order valence-corrected chi connectivity index (χ4v) is 3.00. The average molecular weight is 407 g/mol. The topological polar surface area (TPSA) is 84.1 Å². The molecule has 2 heterocycles. The van der Waals surface area contributed by atoms with Gasteiger partial charge in [-0.25, -0.2) is 9.37 Å². The van der Waals surface area contributed by atoms with E-state index in [4.69, 9.17) is 9.47 Å². The molecule has 4 aromatic rings. The minimum atomic E-state index is -0.434. The van der Waals surface area contributed by atoms with Crippen LogP contribution in [0.25, 0.3) is 10.9 Å². The van der Waals surface area contributed by atoms with Crippen LogP contribution in [0.15, 0.2) is 54.7 Å². The highest BCUT2D eigenvalue weighted by Gasteiger charge is 2.12. The molecule has 0 aliphatic heterocycles. The highest BCUT2D eigenvalue weighted by atomic mass is 19.1. The lowest BCUT2D eigenvalue weighted by atomic mass is 10.2. The SMILES string of the molecule is CNCCOc1cccc(Nc2nccc(Oc3ccc4[nH]c(C)cc4c3F)n2)c1. The first-order valence-corrected chi connectivity index (χ1v) is 9.55. The molecule has 0 bridgehead atoms. The van der Waals surface area contributed by atoms with Gasteiger partial charge in [0.1, 0.15) is 12.4 Å². The Hall–Kier alpha value is -3.65. The van der Waals surface area contributed by atoms with E-state index in [1.165, 1.54) is 0 Å². The summed E-state index contributed by atoms with van der Waals surface area (Å²) in [6.07, 6.45) is 1.55. The zero-order chi connectivity index (χ0) is 20.9. The normalized spacial score (nSPS) is 10.9. The first-order chi connectivity index (χ1) is 14.6. The number of anilines is 2. The highest BCUT2D eigenvalue weighted by Crippen LogP contribution is 2.30. The van der Waals surface area contributed by atoms with Gasteiger partial charge in [-0.2, -0.15) is 4.98 Å². The van der Waals surface area contributed by atoms with Crippen LogP contribution in [0.3, 0.4) is 0 Å². The molecule has 30 heavy (non-hydrogen) atoms. The summed E-state index contributed by atoms with van der Waals surface area (Å²) >= 11 is 0. The van der Waals surface area contributed by atoms with Gasteiger partial charge in [0.15, 0.2) is 11.6 Å². The number of ether oxygens (including phenoxy) is 2. The van der Waals surface area contributed by atoms with E-state index in [2.05, 4.69) is 25.6 Å². The molecule has 0 unspecified atom stereocenters. The standard InChI is InChI=1S/C22H22FN5O2/c1-14-12-17-18(26-14)6-7-19(21(17)23)30-20-8-9-25-22(28-20)27-15-4-3-5-16(13-15)29-11-10-24-2/h3-9,12-13,24,26H,10-11H2,1-2H3,(H,25,27,28). The van der Waals surface area contributed by atoms with E-state index in [1.54, 1.807) is 30.5 Å². The molecular formula is C22H22FN5O2. The highest BCUT2D eigenvalue weighted by molar-refractivity contribution is 5.82. The summed E-state index contributed by atoms with van der Waals surface area (Å²) in [5.74, 6) is 0.973. The predicted octanol–water partition coefficient (Wildman–Crippen LogP) is 4.54. The van der Waals surface area contributed by atoms with Crippen molar-refractivity contribution in [3.8, 4) is 17.4 Å². The van der Waals surface area contributed by atoms with Gasteiger partial charge in [-0.1, -0.05) is 6.07 Å². The third-order valence-corrected chi connectivity index (χ3v) is 4.39. The summed E-state index contributed by atoms with van der Waals surface area (Å²) in [6, 6.07) is 14.2. The van der Waals surface area contributed by atoms with Crippen molar-refractivity contribution in [2.75, 3.05) is 25.5 Å². The quantitative estimate of drug-likeness (QED) is 0.372. The van der Waals surface area contributed by atoms with Gasteiger partial charge in [0, 0.05) is 47.2 Å². The molecule has 0 aliphatic rings. The Morgan fingerprint density at radius 3 is 2.90 bits per heavy atom. The van der Waals surface area contributed by atoms with Gasteiger partial charge < -0.3 is 25.1 Å². The van der Waals surface area contributed by atoms with Gasteiger partial charge in [-0.05, 0) is 44.3 Å². The smallest absolute Gasteiger partial charge is 0.230 e. The number of rotatable bonds is 8. The second-order valence-electron chi connectivity index (χ2n) is 6.72. The number of fused-ring (bicyclic) bond motifs is 1. The fourth-order valence-electron chi connectivity index (χ4n) is 3.00. The van der Waals surface area contributed by atoms with Gasteiger partial charge in [0.05, 0.1) is 0 Å². The van der Waals surface area contributed by atoms with Crippen molar-refractivity contribution in [1.29, 1.82) is 0 Å². The van der Waals surface area contributed by atoms with E-state index >= 15 is 0 Å². The van der Waals surface area contributed by atoms with E-state index in [9.17, 15) is 4.39 Å². The second-order valence-corrected chi connectivity index (χ2v) is 6.72. The number of nitrogens with zero attached hydrogens (tertiary/aromatic N) is 2.